The van der Waals surface area contributed by atoms with Crippen molar-refractivity contribution in [3.05, 3.63) is 30.3 Å². The first-order valence-electron chi connectivity index (χ1n) is 3.92. The molecule has 3 nitrogen and oxygen atoms in total. The number of hydrogen-bond donors (Lipinski definition) is 0. The summed E-state index contributed by atoms with van der Waals surface area (Å²) in [6.07, 6.45) is 0.235. The van der Waals surface area contributed by atoms with Gasteiger partial charge in [0.25, 0.3) is 0 Å². The lowest BCUT2D eigenvalue weighted by Gasteiger charge is -2.00. The number of benzene rings is 1. The van der Waals surface area contributed by atoms with Crippen LogP contribution in [0.15, 0.2) is 35.2 Å². The Labute approximate surface area is 79.4 Å². The van der Waals surface area contributed by atoms with Crippen LogP contribution in [-0.4, -0.2) is 10.2 Å². The van der Waals surface area contributed by atoms with Gasteiger partial charge in [-0.25, -0.2) is 4.21 Å². The lowest BCUT2D eigenvalue weighted by atomic mass is 10.4. The van der Waals surface area contributed by atoms with Gasteiger partial charge >= 0.3 is 5.97 Å². The summed E-state index contributed by atoms with van der Waals surface area (Å²) in [4.78, 5) is 11.3. The third-order valence-corrected chi connectivity index (χ3v) is 2.39. The van der Waals surface area contributed by atoms with E-state index in [1.165, 1.54) is 0 Å². The molecule has 1 rings (SSSR count). The van der Waals surface area contributed by atoms with Gasteiger partial charge in [-0.05, 0) is 12.1 Å². The van der Waals surface area contributed by atoms with Crippen molar-refractivity contribution in [1.29, 1.82) is 0 Å². The molecule has 0 aliphatic heterocycles. The average Bonchev–Trinajstić information content (AvgIpc) is 2.19. The molecule has 0 saturated heterocycles. The molecule has 0 N–H and O–H groups in total. The molecule has 0 heterocycles. The number of rotatable bonds is 3. The van der Waals surface area contributed by atoms with Gasteiger partial charge in [0.2, 0.25) is 11.1 Å². The normalized spacial score (nSPS) is 12.1. The van der Waals surface area contributed by atoms with Gasteiger partial charge in [-0.15, -0.1) is 0 Å². The Kier molecular flexibility index (Phi) is 3.64. The van der Waals surface area contributed by atoms with Crippen LogP contribution in [0, 0.1) is 0 Å². The molecule has 4 heteroatoms. The van der Waals surface area contributed by atoms with Crippen molar-refractivity contribution < 1.29 is 13.2 Å². The molecular weight excluding hydrogens is 188 g/mol. The van der Waals surface area contributed by atoms with E-state index in [1.54, 1.807) is 31.2 Å². The van der Waals surface area contributed by atoms with Gasteiger partial charge in [-0.3, -0.25) is 4.79 Å². The van der Waals surface area contributed by atoms with Gasteiger partial charge < -0.3 is 4.18 Å². The summed E-state index contributed by atoms with van der Waals surface area (Å²) in [6, 6.07) is 8.60. The maximum absolute atomic E-state index is 11.3. The molecule has 0 spiro atoms. The fourth-order valence-electron chi connectivity index (χ4n) is 0.723. The van der Waals surface area contributed by atoms with Crippen molar-refractivity contribution in [1.82, 2.24) is 0 Å². The van der Waals surface area contributed by atoms with Crippen LogP contribution in [-0.2, 0) is 20.1 Å². The van der Waals surface area contributed by atoms with E-state index in [2.05, 4.69) is 4.18 Å². The van der Waals surface area contributed by atoms with Gasteiger partial charge in [0.1, 0.15) is 0 Å². The molecule has 0 bridgehead atoms. The highest BCUT2D eigenvalue weighted by molar-refractivity contribution is 7.80. The zero-order chi connectivity index (χ0) is 9.68. The second kappa shape index (κ2) is 4.77. The van der Waals surface area contributed by atoms with Crippen LogP contribution in [0.2, 0.25) is 0 Å². The van der Waals surface area contributed by atoms with Gasteiger partial charge in [0.05, 0.1) is 4.90 Å². The third-order valence-electron chi connectivity index (χ3n) is 1.39. The molecule has 0 amide bonds. The first-order valence-corrected chi connectivity index (χ1v) is 4.99. The van der Waals surface area contributed by atoms with E-state index in [4.69, 9.17) is 0 Å². The first kappa shape index (κ1) is 9.92. The van der Waals surface area contributed by atoms with E-state index >= 15 is 0 Å². The van der Waals surface area contributed by atoms with Gasteiger partial charge in [0.15, 0.2) is 0 Å². The van der Waals surface area contributed by atoms with E-state index < -0.39 is 17.0 Å². The van der Waals surface area contributed by atoms with Crippen LogP contribution >= 0.6 is 0 Å². The zero-order valence-corrected chi connectivity index (χ0v) is 8.04. The second-order valence-electron chi connectivity index (χ2n) is 2.36. The van der Waals surface area contributed by atoms with Crippen LogP contribution in [0.5, 0.6) is 0 Å². The lowest BCUT2D eigenvalue weighted by Crippen LogP contribution is -2.05. The molecule has 1 atom stereocenters. The Morgan fingerprint density at radius 2 is 2.00 bits per heavy atom. The second-order valence-corrected chi connectivity index (χ2v) is 3.46. The van der Waals surface area contributed by atoms with E-state index in [0.29, 0.717) is 4.90 Å². The molecule has 0 aliphatic carbocycles. The van der Waals surface area contributed by atoms with Crippen molar-refractivity contribution in [2.75, 3.05) is 0 Å². The summed E-state index contributed by atoms with van der Waals surface area (Å²) in [6.45, 7) is 1.66. The molecule has 0 aliphatic rings. The van der Waals surface area contributed by atoms with Crippen LogP contribution in [0.4, 0.5) is 0 Å². The predicted molar refractivity (Wildman–Crippen MR) is 49.2 cm³/mol. The van der Waals surface area contributed by atoms with Crippen molar-refractivity contribution in [3.8, 4) is 0 Å². The Bertz CT molecular complexity index is 308. The lowest BCUT2D eigenvalue weighted by molar-refractivity contribution is -0.133. The fraction of sp³-hybridized carbons (Fsp3) is 0.222. The summed E-state index contributed by atoms with van der Waals surface area (Å²) in [5.74, 6) is -0.456. The van der Waals surface area contributed by atoms with Crippen LogP contribution in [0.1, 0.15) is 13.3 Å². The summed E-state index contributed by atoms with van der Waals surface area (Å²) in [5, 5.41) is 0. The number of carbonyl (C=O) groups excluding carboxylic acids is 1. The highest BCUT2D eigenvalue weighted by atomic mass is 32.2. The molecule has 13 heavy (non-hydrogen) atoms. The fourth-order valence-corrected chi connectivity index (χ4v) is 1.49. The molecule has 1 unspecified atom stereocenters. The van der Waals surface area contributed by atoms with Crippen molar-refractivity contribution in [3.63, 3.8) is 0 Å². The molecule has 0 saturated carbocycles. The van der Waals surface area contributed by atoms with E-state index in [-0.39, 0.29) is 6.42 Å². The smallest absolute Gasteiger partial charge is 0.320 e. The van der Waals surface area contributed by atoms with Gasteiger partial charge in [-0.2, -0.15) is 0 Å². The van der Waals surface area contributed by atoms with E-state index in [0.717, 1.165) is 0 Å². The van der Waals surface area contributed by atoms with Crippen LogP contribution < -0.4 is 0 Å². The Morgan fingerprint density at radius 3 is 2.54 bits per heavy atom. The maximum Gasteiger partial charge on any atom is 0.320 e. The molecule has 1 aromatic carbocycles. The molecule has 70 valence electrons. The predicted octanol–water partition coefficient (Wildman–Crippen LogP) is 1.66. The molecule has 0 fully saturated rings. The zero-order valence-electron chi connectivity index (χ0n) is 7.23. The van der Waals surface area contributed by atoms with E-state index in [1.807, 2.05) is 6.07 Å². The minimum atomic E-state index is -1.66. The summed E-state index contributed by atoms with van der Waals surface area (Å²) in [7, 11) is 0. The molecule has 0 aromatic heterocycles. The summed E-state index contributed by atoms with van der Waals surface area (Å²) >= 11 is -1.66. The van der Waals surface area contributed by atoms with Crippen LogP contribution in [0.25, 0.3) is 0 Å². The Balaban J connectivity index is 2.65. The Hall–Kier alpha value is -1.16. The highest BCUT2D eigenvalue weighted by Crippen LogP contribution is 2.07. The summed E-state index contributed by atoms with van der Waals surface area (Å²) in [5.41, 5.74) is 0. The summed E-state index contributed by atoms with van der Waals surface area (Å²) < 4.78 is 15.9. The van der Waals surface area contributed by atoms with Crippen LogP contribution in [0.3, 0.4) is 0 Å². The average molecular weight is 198 g/mol. The Morgan fingerprint density at radius 1 is 1.38 bits per heavy atom. The monoisotopic (exact) mass is 198 g/mol. The van der Waals surface area contributed by atoms with Crippen molar-refractivity contribution in [2.45, 2.75) is 18.2 Å². The quantitative estimate of drug-likeness (QED) is 0.741. The topological polar surface area (TPSA) is 43.4 Å². The third kappa shape index (κ3) is 2.99. The molecular formula is C9H10O3S. The minimum Gasteiger partial charge on any atom is -0.360 e. The van der Waals surface area contributed by atoms with Gasteiger partial charge in [-0.1, -0.05) is 25.1 Å². The van der Waals surface area contributed by atoms with Crippen molar-refractivity contribution >= 4 is 17.0 Å². The largest absolute Gasteiger partial charge is 0.360 e. The standard InChI is InChI=1S/C9H10O3S/c1-2-9(10)12-13(11)8-6-4-3-5-7-8/h3-7H,2H2,1H3. The molecule has 1 aromatic rings. The number of hydrogen-bond acceptors (Lipinski definition) is 3. The maximum atomic E-state index is 11.3. The minimum absolute atomic E-state index is 0.235. The SMILES string of the molecule is CCC(=O)OS(=O)c1ccccc1. The first-order chi connectivity index (χ1) is 6.24. The number of carbonyl (C=O) groups is 1. The van der Waals surface area contributed by atoms with E-state index in [9.17, 15) is 9.00 Å². The van der Waals surface area contributed by atoms with Gasteiger partial charge in [0, 0.05) is 6.42 Å². The molecule has 0 radical (unpaired) electrons. The van der Waals surface area contributed by atoms with Crippen molar-refractivity contribution in [2.24, 2.45) is 0 Å². The highest BCUT2D eigenvalue weighted by Gasteiger charge is 2.08.